The number of fused-ring (bicyclic) bond motifs is 1. The van der Waals surface area contributed by atoms with E-state index in [1.807, 2.05) is 0 Å². The van der Waals surface area contributed by atoms with Gasteiger partial charge in [0.25, 0.3) is 5.89 Å². The zero-order valence-electron chi connectivity index (χ0n) is 13.7. The van der Waals surface area contributed by atoms with Gasteiger partial charge in [-0.1, -0.05) is 12.1 Å². The van der Waals surface area contributed by atoms with Crippen LogP contribution in [-0.4, -0.2) is 24.8 Å². The van der Waals surface area contributed by atoms with Crippen LogP contribution in [0.25, 0.3) is 11.5 Å². The zero-order valence-corrected chi connectivity index (χ0v) is 15.3. The number of sulfonamides is 1. The van der Waals surface area contributed by atoms with Crippen LogP contribution in [0.1, 0.15) is 43.5 Å². The number of hydrogen-bond acceptors (Lipinski definition) is 6. The molecule has 0 amide bonds. The van der Waals surface area contributed by atoms with Crippen molar-refractivity contribution in [2.75, 3.05) is 6.26 Å². The number of aromatic nitrogens is 2. The van der Waals surface area contributed by atoms with Gasteiger partial charge in [-0.25, -0.2) is 13.1 Å². The van der Waals surface area contributed by atoms with E-state index in [9.17, 15) is 8.42 Å². The number of nitrogens with zero attached hydrogens (tertiary/aromatic N) is 2. The lowest BCUT2D eigenvalue weighted by Crippen LogP contribution is -2.41. The first-order valence-electron chi connectivity index (χ1n) is 7.58. The highest BCUT2D eigenvalue weighted by Crippen LogP contribution is 2.37. The van der Waals surface area contributed by atoms with Crippen molar-refractivity contribution in [3.05, 3.63) is 21.6 Å². The second kappa shape index (κ2) is 5.68. The molecular weight excluding hydrogens is 334 g/mol. The van der Waals surface area contributed by atoms with Crippen LogP contribution in [0.2, 0.25) is 0 Å². The van der Waals surface area contributed by atoms with E-state index in [0.717, 1.165) is 24.7 Å². The van der Waals surface area contributed by atoms with Gasteiger partial charge in [0.2, 0.25) is 10.0 Å². The average Bonchev–Trinajstić information content (AvgIpc) is 3.00. The molecule has 3 rings (SSSR count). The Bertz CT molecular complexity index is 821. The van der Waals surface area contributed by atoms with Gasteiger partial charge >= 0.3 is 0 Å². The zero-order chi connectivity index (χ0) is 16.8. The maximum absolute atomic E-state index is 11.5. The van der Waals surface area contributed by atoms with Crippen LogP contribution in [0, 0.1) is 5.92 Å². The minimum absolute atomic E-state index is 0.335. The van der Waals surface area contributed by atoms with Crippen molar-refractivity contribution in [3.63, 3.8) is 0 Å². The summed E-state index contributed by atoms with van der Waals surface area (Å²) in [5, 5.41) is 6.05. The van der Waals surface area contributed by atoms with Gasteiger partial charge in [-0.3, -0.25) is 0 Å². The van der Waals surface area contributed by atoms with Crippen molar-refractivity contribution < 1.29 is 12.9 Å². The fraction of sp³-hybridized carbons (Fsp3) is 0.600. The van der Waals surface area contributed by atoms with Crippen LogP contribution < -0.4 is 4.72 Å². The van der Waals surface area contributed by atoms with Crippen LogP contribution in [0.3, 0.4) is 0 Å². The molecule has 2 aromatic rings. The van der Waals surface area contributed by atoms with Gasteiger partial charge in [0.15, 0.2) is 5.82 Å². The molecule has 23 heavy (non-hydrogen) atoms. The van der Waals surface area contributed by atoms with Gasteiger partial charge in [0.05, 0.1) is 17.4 Å². The fourth-order valence-electron chi connectivity index (χ4n) is 2.95. The van der Waals surface area contributed by atoms with Gasteiger partial charge < -0.3 is 4.52 Å². The monoisotopic (exact) mass is 355 g/mol. The lowest BCUT2D eigenvalue weighted by molar-refractivity contribution is 0.382. The predicted octanol–water partition coefficient (Wildman–Crippen LogP) is 2.71. The van der Waals surface area contributed by atoms with Gasteiger partial charge in [0, 0.05) is 10.3 Å². The molecular formula is C15H21N3O3S2. The van der Waals surface area contributed by atoms with E-state index in [2.05, 4.69) is 27.2 Å². The summed E-state index contributed by atoms with van der Waals surface area (Å²) in [5.74, 6) is 1.52. The van der Waals surface area contributed by atoms with E-state index < -0.39 is 15.6 Å². The topological polar surface area (TPSA) is 85.1 Å². The third-order valence-electron chi connectivity index (χ3n) is 4.06. The Kier molecular flexibility index (Phi) is 4.10. The summed E-state index contributed by atoms with van der Waals surface area (Å²) in [6.07, 6.45) is 4.41. The van der Waals surface area contributed by atoms with Crippen molar-refractivity contribution >= 4 is 21.4 Å². The summed E-state index contributed by atoms with van der Waals surface area (Å²) in [6.45, 7) is 5.70. The number of nitrogens with one attached hydrogen (secondary N) is 1. The molecule has 1 N–H and O–H groups in total. The molecule has 0 aromatic carbocycles. The molecule has 0 saturated heterocycles. The van der Waals surface area contributed by atoms with Crippen LogP contribution in [0.4, 0.5) is 0 Å². The average molecular weight is 355 g/mol. The standard InChI is InChI=1S/C15H21N3O3S2/c1-9-5-6-10-11(8-22-12(10)7-9)13-16-14(17-21-13)15(2,3)18-23(4,19)20/h8-9,18H,5-7H2,1-4H3. The Labute approximate surface area is 140 Å². The Morgan fingerprint density at radius 3 is 2.87 bits per heavy atom. The van der Waals surface area contributed by atoms with Crippen molar-refractivity contribution in [3.8, 4) is 11.5 Å². The summed E-state index contributed by atoms with van der Waals surface area (Å²) in [7, 11) is -3.36. The molecule has 0 spiro atoms. The molecule has 1 aliphatic carbocycles. The van der Waals surface area contributed by atoms with E-state index in [1.54, 1.807) is 25.2 Å². The molecule has 2 heterocycles. The highest BCUT2D eigenvalue weighted by Gasteiger charge is 2.31. The van der Waals surface area contributed by atoms with Gasteiger partial charge in [0.1, 0.15) is 0 Å². The predicted molar refractivity (Wildman–Crippen MR) is 89.8 cm³/mol. The Morgan fingerprint density at radius 1 is 1.43 bits per heavy atom. The summed E-state index contributed by atoms with van der Waals surface area (Å²) >= 11 is 1.74. The molecule has 1 aliphatic rings. The van der Waals surface area contributed by atoms with Crippen LogP contribution in [0.15, 0.2) is 9.90 Å². The largest absolute Gasteiger partial charge is 0.334 e. The summed E-state index contributed by atoms with van der Waals surface area (Å²) in [5.41, 5.74) is 1.38. The maximum Gasteiger partial charge on any atom is 0.259 e. The van der Waals surface area contributed by atoms with Crippen LogP contribution in [0.5, 0.6) is 0 Å². The molecule has 0 fully saturated rings. The third kappa shape index (κ3) is 3.49. The van der Waals surface area contributed by atoms with Crippen LogP contribution in [-0.2, 0) is 28.4 Å². The van der Waals surface area contributed by atoms with Crippen molar-refractivity contribution in [1.82, 2.24) is 14.9 Å². The van der Waals surface area contributed by atoms with E-state index in [-0.39, 0.29) is 0 Å². The normalized spacial score (nSPS) is 18.9. The SMILES string of the molecule is CC1CCc2c(-c3nc(C(C)(C)NS(C)(=O)=O)no3)csc2C1. The first-order valence-corrected chi connectivity index (χ1v) is 10.4. The van der Waals surface area contributed by atoms with E-state index in [0.29, 0.717) is 17.6 Å². The van der Waals surface area contributed by atoms with Gasteiger partial charge in [-0.2, -0.15) is 4.98 Å². The van der Waals surface area contributed by atoms with Gasteiger partial charge in [-0.05, 0) is 44.6 Å². The van der Waals surface area contributed by atoms with Gasteiger partial charge in [-0.15, -0.1) is 11.3 Å². The second-order valence-electron chi connectivity index (χ2n) is 6.82. The maximum atomic E-state index is 11.5. The Hall–Kier alpha value is -1.25. The highest BCUT2D eigenvalue weighted by molar-refractivity contribution is 7.88. The van der Waals surface area contributed by atoms with Crippen molar-refractivity contribution in [2.24, 2.45) is 5.92 Å². The molecule has 6 nitrogen and oxygen atoms in total. The quantitative estimate of drug-likeness (QED) is 0.911. The Morgan fingerprint density at radius 2 is 2.17 bits per heavy atom. The lowest BCUT2D eigenvalue weighted by Gasteiger charge is -2.20. The molecule has 2 aromatic heterocycles. The minimum Gasteiger partial charge on any atom is -0.334 e. The third-order valence-corrected chi connectivity index (χ3v) is 5.99. The number of hydrogen-bond donors (Lipinski definition) is 1. The number of thiophene rings is 1. The lowest BCUT2D eigenvalue weighted by atomic mass is 9.88. The molecule has 1 unspecified atom stereocenters. The minimum atomic E-state index is -3.36. The Balaban J connectivity index is 1.91. The van der Waals surface area contributed by atoms with E-state index >= 15 is 0 Å². The summed E-state index contributed by atoms with van der Waals surface area (Å²) in [4.78, 5) is 5.83. The molecule has 1 atom stereocenters. The first-order chi connectivity index (χ1) is 10.7. The number of rotatable bonds is 4. The van der Waals surface area contributed by atoms with E-state index in [1.165, 1.54) is 16.9 Å². The fourth-order valence-corrected chi connectivity index (χ4v) is 5.21. The highest BCUT2D eigenvalue weighted by atomic mass is 32.2. The molecule has 0 radical (unpaired) electrons. The van der Waals surface area contributed by atoms with Crippen molar-refractivity contribution in [2.45, 2.75) is 45.6 Å². The smallest absolute Gasteiger partial charge is 0.259 e. The first kappa shape index (κ1) is 16.6. The molecule has 0 saturated carbocycles. The summed E-state index contributed by atoms with van der Waals surface area (Å²) in [6, 6.07) is 0. The van der Waals surface area contributed by atoms with Crippen molar-refractivity contribution in [1.29, 1.82) is 0 Å². The summed E-state index contributed by atoms with van der Waals surface area (Å²) < 4.78 is 30.9. The second-order valence-corrected chi connectivity index (χ2v) is 9.53. The van der Waals surface area contributed by atoms with Crippen LogP contribution >= 0.6 is 11.3 Å². The van der Waals surface area contributed by atoms with E-state index in [4.69, 9.17) is 4.52 Å². The molecule has 8 heteroatoms. The molecule has 0 aliphatic heterocycles. The molecule has 0 bridgehead atoms. The molecule has 126 valence electrons.